The van der Waals surface area contributed by atoms with Crippen molar-refractivity contribution in [1.82, 2.24) is 0 Å². The highest BCUT2D eigenvalue weighted by molar-refractivity contribution is 7.61. The fraction of sp³-hybridized carbons (Fsp3) is 0.200. The van der Waals surface area contributed by atoms with Gasteiger partial charge in [0, 0.05) is 5.30 Å². The molecule has 1 unspecified atom stereocenters. The Bertz CT molecular complexity index is 535. The maximum Gasteiger partial charge on any atom is 0.140 e. The third kappa shape index (κ3) is 2.96. The molecular weight excluding hydrogens is 243 g/mol. The van der Waals surface area contributed by atoms with Crippen LogP contribution in [-0.2, 0) is 4.57 Å². The third-order valence-corrected chi connectivity index (χ3v) is 4.01. The summed E-state index contributed by atoms with van der Waals surface area (Å²) < 4.78 is 18.2. The Morgan fingerprint density at radius 1 is 0.944 bits per heavy atom. The van der Waals surface area contributed by atoms with Crippen LogP contribution < -0.4 is 15.3 Å². The Morgan fingerprint density at radius 2 is 1.56 bits per heavy atom. The van der Waals surface area contributed by atoms with Crippen LogP contribution in [0.2, 0.25) is 0 Å². The van der Waals surface area contributed by atoms with Gasteiger partial charge < -0.3 is 4.74 Å². The summed E-state index contributed by atoms with van der Waals surface area (Å²) in [5, 5.41) is 1.58. The molecule has 0 bridgehead atoms. The fourth-order valence-electron chi connectivity index (χ4n) is 1.68. The van der Waals surface area contributed by atoms with Crippen molar-refractivity contribution in [1.29, 1.82) is 0 Å². The van der Waals surface area contributed by atoms with Gasteiger partial charge in [-0.1, -0.05) is 30.3 Å². The lowest BCUT2D eigenvalue weighted by Gasteiger charge is -2.13. The molecule has 0 amide bonds. The number of hydrogen-bond acceptors (Lipinski definition) is 2. The number of ether oxygens (including phenoxy) is 1. The van der Waals surface area contributed by atoms with E-state index in [2.05, 4.69) is 0 Å². The zero-order valence-corrected chi connectivity index (χ0v) is 11.4. The Morgan fingerprint density at radius 3 is 2.22 bits per heavy atom. The molecule has 2 aromatic carbocycles. The van der Waals surface area contributed by atoms with E-state index in [0.29, 0.717) is 5.75 Å². The average Bonchev–Trinajstić information content (AvgIpc) is 2.39. The maximum atomic E-state index is 12.5. The molecule has 93 valence electrons. The third-order valence-electron chi connectivity index (χ3n) is 2.44. The van der Waals surface area contributed by atoms with Gasteiger partial charge in [0.15, 0.2) is 0 Å². The van der Waals surface area contributed by atoms with E-state index in [1.165, 1.54) is 0 Å². The van der Waals surface area contributed by atoms with Crippen LogP contribution in [-0.4, -0.2) is 6.10 Å². The number of rotatable bonds is 4. The van der Waals surface area contributed by atoms with E-state index >= 15 is 0 Å². The number of hydrogen-bond donors (Lipinski definition) is 0. The van der Waals surface area contributed by atoms with Crippen LogP contribution in [0.1, 0.15) is 13.8 Å². The largest absolute Gasteiger partial charge is 0.490 e. The molecule has 0 saturated heterocycles. The molecule has 3 heteroatoms. The Hall–Kier alpha value is -1.66. The first-order valence-electron chi connectivity index (χ1n) is 5.96. The summed E-state index contributed by atoms with van der Waals surface area (Å²) in [4.78, 5) is 0. The zero-order valence-electron chi connectivity index (χ0n) is 10.5. The summed E-state index contributed by atoms with van der Waals surface area (Å²) in [7, 11) is -1.60. The van der Waals surface area contributed by atoms with Crippen molar-refractivity contribution in [3.05, 3.63) is 54.6 Å². The summed E-state index contributed by atoms with van der Waals surface area (Å²) >= 11 is 0. The standard InChI is InChI=1S/C15H16O2P/c1-12(2)17-14-10-6-7-11-15(14)18(16)13-8-4-3-5-9-13/h3-12H,1-2H3. The quantitative estimate of drug-likeness (QED) is 0.788. The van der Waals surface area contributed by atoms with Crippen molar-refractivity contribution in [2.45, 2.75) is 20.0 Å². The Labute approximate surface area is 108 Å². The molecule has 0 aliphatic carbocycles. The second-order valence-electron chi connectivity index (χ2n) is 4.26. The van der Waals surface area contributed by atoms with Gasteiger partial charge in [0.2, 0.25) is 0 Å². The van der Waals surface area contributed by atoms with Crippen LogP contribution in [0.25, 0.3) is 0 Å². The van der Waals surface area contributed by atoms with Gasteiger partial charge in [0.25, 0.3) is 0 Å². The van der Waals surface area contributed by atoms with E-state index in [4.69, 9.17) is 4.74 Å². The normalized spacial score (nSPS) is 11.4. The van der Waals surface area contributed by atoms with E-state index in [1.54, 1.807) is 0 Å². The van der Waals surface area contributed by atoms with Gasteiger partial charge in [-0.25, -0.2) is 0 Å². The monoisotopic (exact) mass is 259 g/mol. The van der Waals surface area contributed by atoms with Crippen LogP contribution >= 0.6 is 7.80 Å². The van der Waals surface area contributed by atoms with E-state index < -0.39 is 7.80 Å². The molecule has 0 heterocycles. The molecule has 18 heavy (non-hydrogen) atoms. The summed E-state index contributed by atoms with van der Waals surface area (Å²) in [5.74, 6) is 0.706. The molecule has 0 aromatic heterocycles. The van der Waals surface area contributed by atoms with Crippen molar-refractivity contribution in [2.75, 3.05) is 0 Å². The maximum absolute atomic E-state index is 12.5. The summed E-state index contributed by atoms with van der Waals surface area (Å²) in [6, 6.07) is 17.0. The molecule has 2 aromatic rings. The summed E-state index contributed by atoms with van der Waals surface area (Å²) in [5.41, 5.74) is 0. The number of benzene rings is 2. The molecule has 2 nitrogen and oxygen atoms in total. The molecule has 1 radical (unpaired) electrons. The van der Waals surface area contributed by atoms with Gasteiger partial charge in [0.05, 0.1) is 11.4 Å². The van der Waals surface area contributed by atoms with Crippen LogP contribution in [0.5, 0.6) is 5.75 Å². The lowest BCUT2D eigenvalue weighted by atomic mass is 10.3. The van der Waals surface area contributed by atoms with E-state index in [-0.39, 0.29) is 6.10 Å². The number of para-hydroxylation sites is 1. The molecule has 2 rings (SSSR count). The smallest absolute Gasteiger partial charge is 0.140 e. The second kappa shape index (κ2) is 5.79. The van der Waals surface area contributed by atoms with Gasteiger partial charge >= 0.3 is 0 Å². The highest BCUT2D eigenvalue weighted by Gasteiger charge is 2.13. The predicted octanol–water partition coefficient (Wildman–Crippen LogP) is 3.25. The van der Waals surface area contributed by atoms with Crippen molar-refractivity contribution >= 4 is 18.4 Å². The van der Waals surface area contributed by atoms with E-state index in [9.17, 15) is 4.57 Å². The lowest BCUT2D eigenvalue weighted by molar-refractivity contribution is 0.244. The lowest BCUT2D eigenvalue weighted by Crippen LogP contribution is -2.14. The van der Waals surface area contributed by atoms with Crippen molar-refractivity contribution in [3.8, 4) is 5.75 Å². The van der Waals surface area contributed by atoms with Gasteiger partial charge in [-0.3, -0.25) is 4.57 Å². The highest BCUT2D eigenvalue weighted by atomic mass is 31.1. The van der Waals surface area contributed by atoms with Gasteiger partial charge in [-0.05, 0) is 38.1 Å². The van der Waals surface area contributed by atoms with Crippen molar-refractivity contribution < 1.29 is 9.30 Å². The molecule has 0 aliphatic heterocycles. The van der Waals surface area contributed by atoms with Gasteiger partial charge in [-0.2, -0.15) is 0 Å². The molecule has 0 saturated carbocycles. The minimum absolute atomic E-state index is 0.0744. The van der Waals surface area contributed by atoms with Crippen LogP contribution in [0, 0.1) is 0 Å². The van der Waals surface area contributed by atoms with Crippen molar-refractivity contribution in [2.24, 2.45) is 0 Å². The van der Waals surface area contributed by atoms with Crippen LogP contribution in [0.3, 0.4) is 0 Å². The minimum Gasteiger partial charge on any atom is -0.490 e. The molecular formula is C15H16O2P. The van der Waals surface area contributed by atoms with E-state index in [1.807, 2.05) is 68.4 Å². The van der Waals surface area contributed by atoms with Gasteiger partial charge in [-0.15, -0.1) is 0 Å². The molecule has 1 atom stereocenters. The molecule has 0 fully saturated rings. The first-order chi connectivity index (χ1) is 8.68. The topological polar surface area (TPSA) is 26.3 Å². The SMILES string of the molecule is CC(C)Oc1ccccc1[P](=O)c1ccccc1. The first-order valence-corrected chi connectivity index (χ1v) is 7.22. The summed E-state index contributed by atoms with van der Waals surface area (Å²) in [6.07, 6.45) is 0.0744. The minimum atomic E-state index is -1.60. The molecule has 0 spiro atoms. The van der Waals surface area contributed by atoms with Crippen molar-refractivity contribution in [3.63, 3.8) is 0 Å². The Kier molecular flexibility index (Phi) is 4.11. The average molecular weight is 259 g/mol. The molecule has 0 N–H and O–H groups in total. The zero-order chi connectivity index (χ0) is 13.0. The van der Waals surface area contributed by atoms with E-state index in [0.717, 1.165) is 10.6 Å². The van der Waals surface area contributed by atoms with Crippen LogP contribution in [0.4, 0.5) is 0 Å². The highest BCUT2D eigenvalue weighted by Crippen LogP contribution is 2.25. The summed E-state index contributed by atoms with van der Waals surface area (Å²) in [6.45, 7) is 3.93. The first kappa shape index (κ1) is 12.8. The predicted molar refractivity (Wildman–Crippen MR) is 75.5 cm³/mol. The fourth-order valence-corrected chi connectivity index (χ4v) is 2.95. The van der Waals surface area contributed by atoms with Gasteiger partial charge in [0.1, 0.15) is 13.6 Å². The van der Waals surface area contributed by atoms with Crippen LogP contribution in [0.15, 0.2) is 54.6 Å². The second-order valence-corrected chi connectivity index (χ2v) is 5.85. The molecule has 0 aliphatic rings. The Balaban J connectivity index is 2.36.